The topological polar surface area (TPSA) is 25.0 Å². The standard InChI is InChI=1S/C26H30AsClFNO/c1-16-14-22-21-15-20(29)8-9-23(21)30-25(22)26(31-16)12-10-18(11-13-26)24(27(2)3)17-4-6-19(28)7-5-17/h4-9,15-16,18,24,30H,10-14H2,1-3H3. The van der Waals surface area contributed by atoms with Gasteiger partial charge in [0.05, 0.1) is 0 Å². The minimum atomic E-state index is -0.972. The molecule has 31 heavy (non-hydrogen) atoms. The fraction of sp³-hybridized carbons (Fsp3) is 0.462. The van der Waals surface area contributed by atoms with E-state index in [1.807, 2.05) is 18.2 Å². The van der Waals surface area contributed by atoms with Crippen LogP contribution in [0.2, 0.25) is 16.4 Å². The number of aromatic amines is 1. The molecule has 0 bridgehead atoms. The molecule has 2 aromatic carbocycles. The first-order valence-electron chi connectivity index (χ1n) is 11.3. The van der Waals surface area contributed by atoms with Crippen LogP contribution in [0.15, 0.2) is 42.5 Å². The van der Waals surface area contributed by atoms with Crippen LogP contribution in [0.4, 0.5) is 4.39 Å². The van der Waals surface area contributed by atoms with Crippen LogP contribution in [0.1, 0.15) is 54.1 Å². The Balaban J connectivity index is 1.45. The number of hydrogen-bond donors (Lipinski definition) is 1. The summed E-state index contributed by atoms with van der Waals surface area (Å²) in [5, 5.41) is 1.84. The monoisotopic (exact) mass is 501 g/mol. The molecule has 1 aliphatic heterocycles. The normalized spacial score (nSPS) is 27.0. The van der Waals surface area contributed by atoms with Gasteiger partial charge in [-0.25, -0.2) is 0 Å². The Kier molecular flexibility index (Phi) is 5.74. The number of hydrogen-bond acceptors (Lipinski definition) is 1. The van der Waals surface area contributed by atoms with E-state index in [2.05, 4.69) is 35.5 Å². The van der Waals surface area contributed by atoms with Gasteiger partial charge in [-0.2, -0.15) is 0 Å². The van der Waals surface area contributed by atoms with Crippen molar-refractivity contribution in [3.8, 4) is 0 Å². The van der Waals surface area contributed by atoms with Crippen molar-refractivity contribution in [2.75, 3.05) is 0 Å². The van der Waals surface area contributed by atoms with Gasteiger partial charge in [0.2, 0.25) is 0 Å². The fourth-order valence-electron chi connectivity index (χ4n) is 6.04. The summed E-state index contributed by atoms with van der Waals surface area (Å²) < 4.78 is 21.3. The molecule has 1 N–H and O–H groups in total. The third-order valence-corrected chi connectivity index (χ3v) is 11.4. The Morgan fingerprint density at radius 1 is 1.13 bits per heavy atom. The van der Waals surface area contributed by atoms with Crippen LogP contribution < -0.4 is 0 Å². The minimum absolute atomic E-state index is 0.151. The number of benzene rings is 2. The molecule has 1 fully saturated rings. The molecular formula is C26H30AsClFNO. The first-order valence-corrected chi connectivity index (χ1v) is 16.5. The number of ether oxygens (including phenoxy) is 1. The van der Waals surface area contributed by atoms with Gasteiger partial charge in [-0.15, -0.1) is 0 Å². The first-order chi connectivity index (χ1) is 14.9. The van der Waals surface area contributed by atoms with E-state index in [1.165, 1.54) is 16.8 Å². The molecule has 2 nitrogen and oxygen atoms in total. The third kappa shape index (κ3) is 3.88. The van der Waals surface area contributed by atoms with E-state index in [0.717, 1.165) is 48.0 Å². The van der Waals surface area contributed by atoms with Crippen LogP contribution in [0.25, 0.3) is 10.9 Å². The Morgan fingerprint density at radius 2 is 1.84 bits per heavy atom. The van der Waals surface area contributed by atoms with Gasteiger partial charge in [0.1, 0.15) is 0 Å². The van der Waals surface area contributed by atoms with E-state index in [-0.39, 0.29) is 17.5 Å². The molecular weight excluding hydrogens is 472 g/mol. The predicted molar refractivity (Wildman–Crippen MR) is 128 cm³/mol. The summed E-state index contributed by atoms with van der Waals surface area (Å²) in [5.41, 5.74) is 9.63. The van der Waals surface area contributed by atoms with E-state index in [1.54, 1.807) is 12.1 Å². The van der Waals surface area contributed by atoms with E-state index in [4.69, 9.17) is 16.3 Å². The number of nitrogens with one attached hydrogen (secondary N) is 1. The SMILES string of the molecule is CC1Cc2c([nH]c3ccc(F)cc23)C2(CCC(C(c3ccc(Cl)cc3)[As](C)C)CC2)O1. The zero-order valence-electron chi connectivity index (χ0n) is 18.4. The summed E-state index contributed by atoms with van der Waals surface area (Å²) >= 11 is 5.18. The van der Waals surface area contributed by atoms with Crippen molar-refractivity contribution >= 4 is 37.2 Å². The van der Waals surface area contributed by atoms with Crippen molar-refractivity contribution in [3.05, 3.63) is 70.1 Å². The maximum absolute atomic E-state index is 14.0. The van der Waals surface area contributed by atoms with Gasteiger partial charge in [-0.1, -0.05) is 0 Å². The molecule has 2 aliphatic rings. The number of H-pyrrole nitrogens is 1. The van der Waals surface area contributed by atoms with Gasteiger partial charge in [-0.3, -0.25) is 0 Å². The Hall–Kier alpha value is -1.28. The predicted octanol–water partition coefficient (Wildman–Crippen LogP) is 7.38. The molecule has 1 spiro atoms. The van der Waals surface area contributed by atoms with E-state index >= 15 is 0 Å². The third-order valence-electron chi connectivity index (χ3n) is 7.29. The zero-order chi connectivity index (χ0) is 21.8. The second-order valence-corrected chi connectivity index (χ2v) is 15.2. The molecule has 0 radical (unpaired) electrons. The van der Waals surface area contributed by atoms with Crippen LogP contribution >= 0.6 is 11.6 Å². The molecule has 2 heterocycles. The first kappa shape index (κ1) is 21.6. The van der Waals surface area contributed by atoms with E-state index < -0.39 is 14.7 Å². The van der Waals surface area contributed by atoms with Crippen molar-refractivity contribution < 1.29 is 9.13 Å². The molecule has 3 aromatic rings. The number of fused-ring (bicyclic) bond motifs is 4. The van der Waals surface area contributed by atoms with Gasteiger partial charge in [-0.05, 0) is 0 Å². The van der Waals surface area contributed by atoms with Gasteiger partial charge >= 0.3 is 194 Å². The molecule has 5 heteroatoms. The van der Waals surface area contributed by atoms with Crippen molar-refractivity contribution in [1.82, 2.24) is 4.98 Å². The van der Waals surface area contributed by atoms with E-state index in [9.17, 15) is 4.39 Å². The summed E-state index contributed by atoms with van der Waals surface area (Å²) in [5.74, 6) is 0.520. The van der Waals surface area contributed by atoms with Crippen LogP contribution in [-0.2, 0) is 16.8 Å². The number of halogens is 2. The van der Waals surface area contributed by atoms with E-state index in [0.29, 0.717) is 10.6 Å². The summed E-state index contributed by atoms with van der Waals surface area (Å²) in [7, 11) is 0. The van der Waals surface area contributed by atoms with Crippen LogP contribution in [0.3, 0.4) is 0 Å². The average molecular weight is 502 g/mol. The second kappa shape index (κ2) is 8.25. The zero-order valence-corrected chi connectivity index (χ0v) is 21.1. The van der Waals surface area contributed by atoms with Crippen LogP contribution in [-0.4, -0.2) is 25.7 Å². The maximum atomic E-state index is 14.0. The number of aromatic nitrogens is 1. The van der Waals surface area contributed by atoms with Crippen LogP contribution in [0.5, 0.6) is 0 Å². The molecule has 0 amide bonds. The average Bonchev–Trinajstić information content (AvgIpc) is 3.09. The summed E-state index contributed by atoms with van der Waals surface area (Å²) in [6.07, 6.45) is 5.37. The molecule has 1 saturated carbocycles. The Labute approximate surface area is 193 Å². The molecule has 1 aromatic heterocycles. The summed E-state index contributed by atoms with van der Waals surface area (Å²) in [6.45, 7) is 2.16. The molecule has 2 atom stereocenters. The van der Waals surface area contributed by atoms with Gasteiger partial charge in [0.25, 0.3) is 0 Å². The van der Waals surface area contributed by atoms with Gasteiger partial charge in [0.15, 0.2) is 0 Å². The molecule has 2 unspecified atom stereocenters. The van der Waals surface area contributed by atoms with Gasteiger partial charge in [0, 0.05) is 0 Å². The summed E-state index contributed by atoms with van der Waals surface area (Å²) in [4.78, 5) is 3.63. The fourth-order valence-corrected chi connectivity index (χ4v) is 10.2. The quantitative estimate of drug-likeness (QED) is 0.372. The Morgan fingerprint density at radius 3 is 2.52 bits per heavy atom. The van der Waals surface area contributed by atoms with Crippen molar-refractivity contribution in [1.29, 1.82) is 0 Å². The van der Waals surface area contributed by atoms with Crippen LogP contribution in [0, 0.1) is 11.7 Å². The molecule has 1 aliphatic carbocycles. The number of rotatable bonds is 3. The van der Waals surface area contributed by atoms with Crippen molar-refractivity contribution in [2.24, 2.45) is 5.92 Å². The summed E-state index contributed by atoms with van der Waals surface area (Å²) in [6, 6.07) is 13.6. The van der Waals surface area contributed by atoms with Gasteiger partial charge < -0.3 is 0 Å². The second-order valence-electron chi connectivity index (χ2n) is 9.59. The molecule has 164 valence electrons. The molecule has 0 saturated heterocycles. The van der Waals surface area contributed by atoms with Crippen molar-refractivity contribution in [3.63, 3.8) is 0 Å². The Bertz CT molecular complexity index is 1080. The molecule has 5 rings (SSSR count). The van der Waals surface area contributed by atoms with Crippen molar-refractivity contribution in [2.45, 2.75) is 66.9 Å².